The van der Waals surface area contributed by atoms with Crippen LogP contribution in [-0.2, 0) is 6.42 Å². The van der Waals surface area contributed by atoms with E-state index in [1.165, 1.54) is 0 Å². The molecule has 0 spiro atoms. The number of ketones is 1. The molecule has 1 heterocycles. The largest absolute Gasteiger partial charge is 0.506 e. The van der Waals surface area contributed by atoms with Crippen LogP contribution in [0.4, 0.5) is 0 Å². The normalized spacial score (nSPS) is 11.0. The fraction of sp³-hybridized carbons (Fsp3) is 0.444. The molecule has 0 fully saturated rings. The van der Waals surface area contributed by atoms with Crippen molar-refractivity contribution in [2.24, 2.45) is 0 Å². The first-order valence-electron chi connectivity index (χ1n) is 7.90. The maximum Gasteiger partial charge on any atom is 0.351 e. The zero-order chi connectivity index (χ0) is 16.1. The lowest BCUT2D eigenvalue weighted by atomic mass is 10.0. The Morgan fingerprint density at radius 2 is 1.95 bits per heavy atom. The van der Waals surface area contributed by atoms with Gasteiger partial charge in [-0.15, -0.1) is 0 Å². The first-order valence-corrected chi connectivity index (χ1v) is 7.90. The van der Waals surface area contributed by atoms with Crippen LogP contribution in [0.1, 0.15) is 61.9 Å². The molecule has 4 nitrogen and oxygen atoms in total. The van der Waals surface area contributed by atoms with Gasteiger partial charge in [-0.05, 0) is 37.0 Å². The van der Waals surface area contributed by atoms with E-state index in [9.17, 15) is 14.7 Å². The van der Waals surface area contributed by atoms with Crippen LogP contribution in [0.2, 0.25) is 0 Å². The first-order chi connectivity index (χ1) is 10.6. The molecule has 2 rings (SSSR count). The number of hydrogen-bond donors (Lipinski definition) is 1. The summed E-state index contributed by atoms with van der Waals surface area (Å²) in [6.07, 6.45) is 5.10. The van der Waals surface area contributed by atoms with Gasteiger partial charge in [0.2, 0.25) is 0 Å². The fourth-order valence-electron chi connectivity index (χ4n) is 2.57. The molecule has 0 saturated carbocycles. The van der Waals surface area contributed by atoms with Crippen LogP contribution in [0.15, 0.2) is 27.4 Å². The van der Waals surface area contributed by atoms with Crippen molar-refractivity contribution in [3.8, 4) is 5.75 Å². The Labute approximate surface area is 129 Å². The highest BCUT2D eigenvalue weighted by Gasteiger charge is 2.20. The van der Waals surface area contributed by atoms with Gasteiger partial charge in [-0.1, -0.05) is 32.8 Å². The molecule has 0 saturated heterocycles. The molecule has 0 radical (unpaired) electrons. The Hall–Kier alpha value is -2.10. The number of unbranched alkanes of at least 4 members (excludes halogenated alkanes) is 2. The molecule has 118 valence electrons. The van der Waals surface area contributed by atoms with Crippen LogP contribution in [0, 0.1) is 0 Å². The van der Waals surface area contributed by atoms with Crippen molar-refractivity contribution in [1.29, 1.82) is 0 Å². The molecule has 0 aliphatic rings. The molecule has 0 unspecified atom stereocenters. The average Bonchev–Trinajstić information content (AvgIpc) is 2.48. The third-order valence-corrected chi connectivity index (χ3v) is 3.77. The first kappa shape index (κ1) is 16.3. The molecule has 1 N–H and O–H groups in total. The smallest absolute Gasteiger partial charge is 0.351 e. The van der Waals surface area contributed by atoms with Gasteiger partial charge in [0.15, 0.2) is 5.78 Å². The molecule has 1 aromatic carbocycles. The SMILES string of the molecule is CCCCCc1ccc2oc(=O)c(C(=O)CCC)c(O)c2c1. The van der Waals surface area contributed by atoms with Crippen molar-refractivity contribution in [2.75, 3.05) is 0 Å². The highest BCUT2D eigenvalue weighted by molar-refractivity contribution is 6.02. The van der Waals surface area contributed by atoms with Crippen LogP contribution in [0.5, 0.6) is 5.75 Å². The van der Waals surface area contributed by atoms with Gasteiger partial charge in [0.1, 0.15) is 16.9 Å². The van der Waals surface area contributed by atoms with Crippen LogP contribution < -0.4 is 5.63 Å². The molecule has 0 aliphatic carbocycles. The van der Waals surface area contributed by atoms with Gasteiger partial charge in [0.05, 0.1) is 5.39 Å². The second-order valence-corrected chi connectivity index (χ2v) is 5.57. The second-order valence-electron chi connectivity index (χ2n) is 5.57. The van der Waals surface area contributed by atoms with Crippen molar-refractivity contribution in [3.63, 3.8) is 0 Å². The molecular weight excluding hydrogens is 280 g/mol. The van der Waals surface area contributed by atoms with E-state index >= 15 is 0 Å². The summed E-state index contributed by atoms with van der Waals surface area (Å²) < 4.78 is 5.19. The van der Waals surface area contributed by atoms with Crippen molar-refractivity contribution in [3.05, 3.63) is 39.7 Å². The number of Topliss-reactive ketones (excluding diaryl/α,β-unsaturated/α-hetero) is 1. The minimum Gasteiger partial charge on any atom is -0.506 e. The third kappa shape index (κ3) is 3.38. The second kappa shape index (κ2) is 7.25. The molecule has 2 aromatic rings. The van der Waals surface area contributed by atoms with Crippen molar-refractivity contribution in [1.82, 2.24) is 0 Å². The lowest BCUT2D eigenvalue weighted by molar-refractivity contribution is 0.0975. The van der Waals surface area contributed by atoms with E-state index in [1.807, 2.05) is 19.1 Å². The summed E-state index contributed by atoms with van der Waals surface area (Å²) >= 11 is 0. The van der Waals surface area contributed by atoms with Gasteiger partial charge >= 0.3 is 5.63 Å². The lowest BCUT2D eigenvalue weighted by Gasteiger charge is -2.07. The number of hydrogen-bond acceptors (Lipinski definition) is 4. The standard InChI is InChI=1S/C18H22O4/c1-3-5-6-8-12-9-10-15-13(11-12)17(20)16(18(21)22-15)14(19)7-4-2/h9-11,20H,3-8H2,1-2H3. The van der Waals surface area contributed by atoms with Gasteiger partial charge in [-0.25, -0.2) is 4.79 Å². The van der Waals surface area contributed by atoms with Crippen LogP contribution in [0.3, 0.4) is 0 Å². The van der Waals surface area contributed by atoms with Crippen LogP contribution in [0.25, 0.3) is 11.0 Å². The maximum atomic E-state index is 12.0. The summed E-state index contributed by atoms with van der Waals surface area (Å²) in [4.78, 5) is 23.9. The van der Waals surface area contributed by atoms with Gasteiger partial charge < -0.3 is 9.52 Å². The molecule has 0 bridgehead atoms. The van der Waals surface area contributed by atoms with E-state index < -0.39 is 5.63 Å². The van der Waals surface area contributed by atoms with Gasteiger partial charge in [-0.2, -0.15) is 0 Å². The Balaban J connectivity index is 2.46. The maximum absolute atomic E-state index is 12.0. The Morgan fingerprint density at radius 1 is 1.18 bits per heavy atom. The minimum absolute atomic E-state index is 0.222. The van der Waals surface area contributed by atoms with E-state index in [0.717, 1.165) is 31.2 Å². The summed E-state index contributed by atoms with van der Waals surface area (Å²) in [5.41, 5.74) is 0.399. The number of fused-ring (bicyclic) bond motifs is 1. The number of benzene rings is 1. The summed E-state index contributed by atoms with van der Waals surface area (Å²) in [5.74, 6) is -0.617. The molecule has 0 aliphatic heterocycles. The van der Waals surface area contributed by atoms with Crippen molar-refractivity contribution < 1.29 is 14.3 Å². The van der Waals surface area contributed by atoms with Crippen LogP contribution in [-0.4, -0.2) is 10.9 Å². The molecule has 4 heteroatoms. The monoisotopic (exact) mass is 302 g/mol. The minimum atomic E-state index is -0.762. The Bertz CT molecular complexity index is 728. The van der Waals surface area contributed by atoms with Crippen molar-refractivity contribution >= 4 is 16.8 Å². The van der Waals surface area contributed by atoms with E-state index in [0.29, 0.717) is 17.4 Å². The number of rotatable bonds is 7. The van der Waals surface area contributed by atoms with Gasteiger partial charge in [-0.3, -0.25) is 4.79 Å². The van der Waals surface area contributed by atoms with Crippen molar-refractivity contribution in [2.45, 2.75) is 52.4 Å². The van der Waals surface area contributed by atoms with E-state index in [1.54, 1.807) is 6.07 Å². The zero-order valence-electron chi connectivity index (χ0n) is 13.1. The predicted octanol–water partition coefficient (Wildman–Crippen LogP) is 4.21. The summed E-state index contributed by atoms with van der Waals surface area (Å²) in [5, 5.41) is 10.8. The topological polar surface area (TPSA) is 67.5 Å². The molecular formula is C18H22O4. The number of aromatic hydroxyl groups is 1. The predicted molar refractivity (Wildman–Crippen MR) is 86.6 cm³/mol. The highest BCUT2D eigenvalue weighted by atomic mass is 16.4. The summed E-state index contributed by atoms with van der Waals surface area (Å²) in [6, 6.07) is 5.39. The molecule has 22 heavy (non-hydrogen) atoms. The average molecular weight is 302 g/mol. The third-order valence-electron chi connectivity index (χ3n) is 3.77. The Morgan fingerprint density at radius 3 is 2.64 bits per heavy atom. The number of carbonyl (C=O) groups excluding carboxylic acids is 1. The summed E-state index contributed by atoms with van der Waals surface area (Å²) in [6.45, 7) is 4.00. The van der Waals surface area contributed by atoms with Gasteiger partial charge in [0.25, 0.3) is 0 Å². The van der Waals surface area contributed by atoms with E-state index in [2.05, 4.69) is 6.92 Å². The lowest BCUT2D eigenvalue weighted by Crippen LogP contribution is -2.14. The fourth-order valence-corrected chi connectivity index (χ4v) is 2.57. The quantitative estimate of drug-likeness (QED) is 0.472. The van der Waals surface area contributed by atoms with Gasteiger partial charge in [0, 0.05) is 6.42 Å². The number of carbonyl (C=O) groups is 1. The van der Waals surface area contributed by atoms with E-state index in [4.69, 9.17) is 4.42 Å². The Kier molecular flexibility index (Phi) is 5.36. The van der Waals surface area contributed by atoms with Crippen LogP contribution >= 0.6 is 0 Å². The molecule has 1 aromatic heterocycles. The molecule has 0 amide bonds. The zero-order valence-corrected chi connectivity index (χ0v) is 13.1. The highest BCUT2D eigenvalue weighted by Crippen LogP contribution is 2.28. The number of aryl methyl sites for hydroxylation is 1. The van der Waals surface area contributed by atoms with E-state index in [-0.39, 0.29) is 23.5 Å². The summed E-state index contributed by atoms with van der Waals surface area (Å²) in [7, 11) is 0. The molecule has 0 atom stereocenters.